The highest BCUT2D eigenvalue weighted by Crippen LogP contribution is 2.47. The van der Waals surface area contributed by atoms with E-state index in [1.807, 2.05) is 36.4 Å². The zero-order valence-electron chi connectivity index (χ0n) is 27.9. The summed E-state index contributed by atoms with van der Waals surface area (Å²) in [5.74, 6) is 0. The average molecular weight is 753 g/mol. The lowest BCUT2D eigenvalue weighted by Gasteiger charge is -2.29. The molecule has 0 fully saturated rings. The molecule has 6 rings (SSSR count). The zero-order chi connectivity index (χ0) is 34.1. The molecule has 0 aliphatic rings. The number of benzene rings is 4. The van der Waals surface area contributed by atoms with Crippen LogP contribution in [0.3, 0.4) is 0 Å². The normalized spacial score (nSPS) is 12.4. The Balaban J connectivity index is 1.59. The van der Waals surface area contributed by atoms with Crippen molar-refractivity contribution in [1.29, 1.82) is 0 Å². The summed E-state index contributed by atoms with van der Waals surface area (Å²) in [6.07, 6.45) is 0. The Morgan fingerprint density at radius 1 is 0.521 bits per heavy atom. The highest BCUT2D eigenvalue weighted by Gasteiger charge is 2.46. The molecule has 0 aliphatic heterocycles. The highest BCUT2D eigenvalue weighted by molar-refractivity contribution is 8.76. The van der Waals surface area contributed by atoms with Crippen LogP contribution in [0.2, 0.25) is 0 Å². The summed E-state index contributed by atoms with van der Waals surface area (Å²) in [6, 6.07) is 24.9. The molecule has 0 amide bonds. The van der Waals surface area contributed by atoms with Gasteiger partial charge in [-0.2, -0.15) is 0 Å². The summed E-state index contributed by atoms with van der Waals surface area (Å²) in [4.78, 5) is 12.0. The summed E-state index contributed by atoms with van der Waals surface area (Å²) in [7, 11) is 6.40. The van der Waals surface area contributed by atoms with Crippen LogP contribution in [0.25, 0.3) is 41.6 Å². The third-order valence-corrected chi connectivity index (χ3v) is 18.4. The minimum atomic E-state index is -3.32. The molecule has 0 radical (unpaired) electrons. The second-order valence-corrected chi connectivity index (χ2v) is 20.8. The van der Waals surface area contributed by atoms with E-state index in [-0.39, 0.29) is 0 Å². The molecule has 0 bridgehead atoms. The van der Waals surface area contributed by atoms with E-state index in [4.69, 9.17) is 36.5 Å². The molecule has 0 saturated carbocycles. The van der Waals surface area contributed by atoms with Crippen molar-refractivity contribution in [3.63, 3.8) is 0 Å². The highest BCUT2D eigenvalue weighted by atomic mass is 33.1. The summed E-state index contributed by atoms with van der Waals surface area (Å²) in [5, 5.41) is 3.54. The molecular formula is C34H36N2O6S4Si2. The van der Waals surface area contributed by atoms with E-state index in [1.54, 1.807) is 86.9 Å². The van der Waals surface area contributed by atoms with Gasteiger partial charge < -0.3 is 26.6 Å². The van der Waals surface area contributed by atoms with Crippen LogP contribution in [0.15, 0.2) is 82.6 Å². The number of fused-ring (bicyclic) bond motifs is 2. The van der Waals surface area contributed by atoms with Gasteiger partial charge in [0, 0.05) is 74.0 Å². The van der Waals surface area contributed by atoms with E-state index in [0.29, 0.717) is 0 Å². The third-order valence-electron chi connectivity index (χ3n) is 8.00. The van der Waals surface area contributed by atoms with Crippen LogP contribution in [-0.4, -0.2) is 70.2 Å². The predicted octanol–water partition coefficient (Wildman–Crippen LogP) is 7.83. The smallest absolute Gasteiger partial charge is 0.373 e. The Morgan fingerprint density at radius 2 is 0.875 bits per heavy atom. The van der Waals surface area contributed by atoms with Crippen molar-refractivity contribution in [1.82, 2.24) is 9.97 Å². The van der Waals surface area contributed by atoms with Crippen molar-refractivity contribution in [3.8, 4) is 21.1 Å². The van der Waals surface area contributed by atoms with Crippen molar-refractivity contribution in [3.05, 3.63) is 83.9 Å². The van der Waals surface area contributed by atoms with Gasteiger partial charge in [0.25, 0.3) is 0 Å². The summed E-state index contributed by atoms with van der Waals surface area (Å²) >= 11 is 3.31. The molecule has 4 aromatic carbocycles. The Kier molecular flexibility index (Phi) is 10.9. The molecule has 48 heavy (non-hydrogen) atoms. The van der Waals surface area contributed by atoms with Crippen LogP contribution >= 0.6 is 44.3 Å². The molecule has 0 N–H and O–H groups in total. The number of aromatic nitrogens is 2. The van der Waals surface area contributed by atoms with E-state index >= 15 is 0 Å². The molecular weight excluding hydrogens is 717 g/mol. The fourth-order valence-electron chi connectivity index (χ4n) is 5.72. The lowest BCUT2D eigenvalue weighted by molar-refractivity contribution is 0.139. The fourth-order valence-corrected chi connectivity index (χ4v) is 15.8. The van der Waals surface area contributed by atoms with Gasteiger partial charge in [0.2, 0.25) is 0 Å². The Labute approximate surface area is 298 Å². The first-order valence-electron chi connectivity index (χ1n) is 14.9. The van der Waals surface area contributed by atoms with Gasteiger partial charge in [-0.1, -0.05) is 69.1 Å². The van der Waals surface area contributed by atoms with Crippen LogP contribution in [0, 0.1) is 13.8 Å². The molecule has 0 saturated heterocycles. The van der Waals surface area contributed by atoms with Gasteiger partial charge in [-0.15, -0.1) is 22.7 Å². The van der Waals surface area contributed by atoms with Crippen molar-refractivity contribution in [2.45, 2.75) is 23.6 Å². The molecule has 8 nitrogen and oxygen atoms in total. The maximum atomic E-state index is 6.09. The third kappa shape index (κ3) is 6.45. The first kappa shape index (κ1) is 35.4. The number of rotatable bonds is 13. The lowest BCUT2D eigenvalue weighted by Crippen LogP contribution is -2.56. The number of para-hydroxylation sites is 2. The second-order valence-electron chi connectivity index (χ2n) is 10.9. The molecule has 250 valence electrons. The van der Waals surface area contributed by atoms with Gasteiger partial charge in [-0.05, 0) is 50.2 Å². The average Bonchev–Trinajstić information content (AvgIpc) is 3.75. The molecule has 0 unspecified atom stereocenters. The second kappa shape index (κ2) is 14.8. The lowest BCUT2D eigenvalue weighted by atomic mass is 10.1. The largest absolute Gasteiger partial charge is 0.537 e. The standard InChI is InChI=1S/C34H36N2O6S4Si2/c1-21-17-23(33-35-25-13-9-11-15-27(25)43-33)31(29(19-21)47(37-3,38-4)39-5)45-46-32-24(34-36-26-14-10-12-16-28(26)44-34)18-22(2)20-30(32)48(40-6,41-7)42-8/h9-20H,1-8H3. The van der Waals surface area contributed by atoms with Crippen molar-refractivity contribution in [2.75, 3.05) is 42.7 Å². The van der Waals surface area contributed by atoms with E-state index in [1.165, 1.54) is 0 Å². The maximum absolute atomic E-state index is 6.09. The molecule has 6 aromatic rings. The van der Waals surface area contributed by atoms with Crippen LogP contribution in [0.5, 0.6) is 0 Å². The Morgan fingerprint density at radius 3 is 1.21 bits per heavy atom. The number of thiazole rings is 2. The maximum Gasteiger partial charge on any atom is 0.537 e. The molecule has 14 heteroatoms. The van der Waals surface area contributed by atoms with Gasteiger partial charge in [-0.3, -0.25) is 0 Å². The van der Waals surface area contributed by atoms with Gasteiger partial charge in [0.05, 0.1) is 20.4 Å². The van der Waals surface area contributed by atoms with E-state index in [2.05, 4.69) is 50.2 Å². The SMILES string of the molecule is CO[Si](OC)(OC)c1cc(C)cc(-c2nc3ccccc3s2)c1SSc1c(-c2nc3ccccc3s2)cc(C)cc1[Si](OC)(OC)OC. The molecule has 2 heterocycles. The van der Waals surface area contributed by atoms with Crippen LogP contribution < -0.4 is 10.4 Å². The number of hydrogen-bond donors (Lipinski definition) is 0. The van der Waals surface area contributed by atoms with Crippen molar-refractivity contribution in [2.24, 2.45) is 0 Å². The van der Waals surface area contributed by atoms with Gasteiger partial charge in [0.15, 0.2) is 0 Å². The number of aryl methyl sites for hydroxylation is 2. The van der Waals surface area contributed by atoms with Crippen LogP contribution in [0.4, 0.5) is 0 Å². The van der Waals surface area contributed by atoms with Gasteiger partial charge >= 0.3 is 17.6 Å². The molecule has 0 spiro atoms. The van der Waals surface area contributed by atoms with E-state index in [0.717, 1.165) is 72.9 Å². The fraction of sp³-hybridized carbons (Fsp3) is 0.235. The summed E-state index contributed by atoms with van der Waals surface area (Å²) in [6.45, 7) is 4.14. The Bertz CT molecular complexity index is 1850. The van der Waals surface area contributed by atoms with Crippen LogP contribution in [0.1, 0.15) is 11.1 Å². The number of hydrogen-bond acceptors (Lipinski definition) is 12. The van der Waals surface area contributed by atoms with Crippen LogP contribution in [-0.2, 0) is 26.6 Å². The van der Waals surface area contributed by atoms with Crippen molar-refractivity contribution >= 4 is 92.7 Å². The quantitative estimate of drug-likeness (QED) is 0.0861. The van der Waals surface area contributed by atoms with Gasteiger partial charge in [0.1, 0.15) is 10.0 Å². The first-order chi connectivity index (χ1) is 23.2. The zero-order valence-corrected chi connectivity index (χ0v) is 33.2. The monoisotopic (exact) mass is 752 g/mol. The van der Waals surface area contributed by atoms with E-state index in [9.17, 15) is 0 Å². The first-order valence-corrected chi connectivity index (χ1v) is 22.2. The molecule has 0 aliphatic carbocycles. The minimum Gasteiger partial charge on any atom is -0.373 e. The Hall–Kier alpha value is -2.45. The van der Waals surface area contributed by atoms with Crippen molar-refractivity contribution < 1.29 is 26.6 Å². The summed E-state index contributed by atoms with van der Waals surface area (Å²) in [5.41, 5.74) is 5.96. The summed E-state index contributed by atoms with van der Waals surface area (Å²) < 4.78 is 38.7. The predicted molar refractivity (Wildman–Crippen MR) is 204 cm³/mol. The topological polar surface area (TPSA) is 81.2 Å². The van der Waals surface area contributed by atoms with Gasteiger partial charge in [-0.25, -0.2) is 9.97 Å². The number of nitrogens with zero attached hydrogens (tertiary/aromatic N) is 2. The minimum absolute atomic E-state index is 0.866. The van der Waals surface area contributed by atoms with E-state index < -0.39 is 17.6 Å². The molecule has 0 atom stereocenters. The molecule has 2 aromatic heterocycles.